The Morgan fingerprint density at radius 3 is 1.43 bits per heavy atom. The van der Waals surface area contributed by atoms with Crippen LogP contribution in [0.4, 0.5) is 0 Å². The number of aromatic nitrogens is 1. The van der Waals surface area contributed by atoms with Crippen LogP contribution in [0.25, 0.3) is 27.5 Å². The van der Waals surface area contributed by atoms with Gasteiger partial charge in [0.1, 0.15) is 5.71 Å². The third-order valence-corrected chi connectivity index (χ3v) is 9.68. The summed E-state index contributed by atoms with van der Waals surface area (Å²) in [4.78, 5) is 30.0. The first-order chi connectivity index (χ1) is 18.6. The molecule has 0 saturated heterocycles. The van der Waals surface area contributed by atoms with Gasteiger partial charge < -0.3 is 9.40 Å². The Labute approximate surface area is 238 Å². The van der Waals surface area contributed by atoms with Crippen molar-refractivity contribution in [2.75, 3.05) is 0 Å². The van der Waals surface area contributed by atoms with Gasteiger partial charge in [-0.1, -0.05) is 5.16 Å². The van der Waals surface area contributed by atoms with Gasteiger partial charge in [-0.25, -0.2) is 4.79 Å². The zero-order valence-electron chi connectivity index (χ0n) is 26.6. The number of carbonyl (C=O) groups excluding carboxylic acids is 2. The number of oxime groups is 1. The first-order valence-electron chi connectivity index (χ1n) is 13.9. The molecule has 1 aromatic heterocycles. The maximum Gasteiger partial charge on any atom is 0.331 e. The zero-order chi connectivity index (χ0) is 30.1. The van der Waals surface area contributed by atoms with Gasteiger partial charge in [0.2, 0.25) is 5.78 Å². The minimum Gasteiger partial charge on any atom is -0.318 e. The predicted molar refractivity (Wildman–Crippen MR) is 167 cm³/mol. The SMILES string of the molecule is CC(=O)O/N=C(\C)C(=O)c1c(C)c(C)c2c(c1C)c1c(C)c(C)c(C)c(C)c1n2-c1c(C)c(C)c(C)c(C)c1C. The number of fused-ring (bicyclic) bond motifs is 3. The lowest BCUT2D eigenvalue weighted by Crippen LogP contribution is -2.16. The average Bonchev–Trinajstić information content (AvgIpc) is 3.26. The second-order valence-corrected chi connectivity index (χ2v) is 11.6. The predicted octanol–water partition coefficient (Wildman–Crippen LogP) is 8.61. The summed E-state index contributed by atoms with van der Waals surface area (Å²) in [5.41, 5.74) is 18.8. The summed E-state index contributed by atoms with van der Waals surface area (Å²) in [6.45, 7) is 29.0. The van der Waals surface area contributed by atoms with E-state index in [0.29, 0.717) is 5.56 Å². The fraction of sp³-hybridized carbons (Fsp3) is 0.400. The number of nitrogens with zero attached hydrogens (tertiary/aromatic N) is 2. The molecule has 0 aliphatic rings. The molecule has 0 atom stereocenters. The minimum atomic E-state index is -0.554. The van der Waals surface area contributed by atoms with Gasteiger partial charge >= 0.3 is 5.97 Å². The molecular weight excluding hydrogens is 496 g/mol. The highest BCUT2D eigenvalue weighted by molar-refractivity contribution is 6.46. The molecule has 0 aliphatic carbocycles. The van der Waals surface area contributed by atoms with Crippen molar-refractivity contribution in [2.24, 2.45) is 5.16 Å². The van der Waals surface area contributed by atoms with Crippen molar-refractivity contribution in [1.29, 1.82) is 0 Å². The molecule has 0 bridgehead atoms. The van der Waals surface area contributed by atoms with Crippen molar-refractivity contribution in [3.8, 4) is 5.69 Å². The van der Waals surface area contributed by atoms with Crippen LogP contribution in [-0.2, 0) is 9.63 Å². The second-order valence-electron chi connectivity index (χ2n) is 11.6. The zero-order valence-corrected chi connectivity index (χ0v) is 26.6. The number of carbonyl (C=O) groups is 2. The van der Waals surface area contributed by atoms with Crippen LogP contribution in [0.3, 0.4) is 0 Å². The highest BCUT2D eigenvalue weighted by Gasteiger charge is 2.29. The summed E-state index contributed by atoms with van der Waals surface area (Å²) in [7, 11) is 0. The molecule has 0 saturated carbocycles. The molecule has 5 nitrogen and oxygen atoms in total. The molecule has 0 unspecified atom stereocenters. The Morgan fingerprint density at radius 1 is 0.525 bits per heavy atom. The number of hydrogen-bond donors (Lipinski definition) is 0. The monoisotopic (exact) mass is 538 g/mol. The maximum absolute atomic E-state index is 13.8. The molecule has 0 N–H and O–H groups in total. The summed E-state index contributed by atoms with van der Waals surface area (Å²) < 4.78 is 2.48. The first-order valence-corrected chi connectivity index (χ1v) is 13.9. The largest absolute Gasteiger partial charge is 0.331 e. The van der Waals surface area contributed by atoms with Crippen LogP contribution in [0.5, 0.6) is 0 Å². The van der Waals surface area contributed by atoms with Gasteiger partial charge in [0, 0.05) is 23.3 Å². The molecule has 210 valence electrons. The maximum atomic E-state index is 13.8. The molecular formula is C35H42N2O3. The Hall–Kier alpha value is -3.73. The lowest BCUT2D eigenvalue weighted by atomic mass is 9.87. The lowest BCUT2D eigenvalue weighted by molar-refractivity contribution is -0.140. The van der Waals surface area contributed by atoms with Crippen LogP contribution in [0, 0.1) is 83.1 Å². The summed E-state index contributed by atoms with van der Waals surface area (Å²) in [5.74, 6) is -0.781. The Morgan fingerprint density at radius 2 is 0.925 bits per heavy atom. The van der Waals surface area contributed by atoms with Gasteiger partial charge in [-0.2, -0.15) is 0 Å². The molecule has 3 aromatic carbocycles. The van der Waals surface area contributed by atoms with Gasteiger partial charge in [-0.05, 0) is 157 Å². The molecule has 0 amide bonds. The van der Waals surface area contributed by atoms with Gasteiger partial charge in [-0.15, -0.1) is 0 Å². The van der Waals surface area contributed by atoms with Crippen LogP contribution in [0.2, 0.25) is 0 Å². The van der Waals surface area contributed by atoms with Crippen molar-refractivity contribution in [3.05, 3.63) is 72.3 Å². The van der Waals surface area contributed by atoms with E-state index in [2.05, 4.69) is 79.0 Å². The number of benzene rings is 3. The number of ketones is 1. The average molecular weight is 539 g/mol. The topological polar surface area (TPSA) is 60.7 Å². The van der Waals surface area contributed by atoms with Crippen molar-refractivity contribution in [2.45, 2.75) is 96.9 Å². The number of Topliss-reactive ketones (excluding diaryl/α,β-unsaturated/α-hetero) is 1. The molecule has 0 aliphatic heterocycles. The molecule has 4 rings (SSSR count). The highest BCUT2D eigenvalue weighted by atomic mass is 16.7. The Kier molecular flexibility index (Phi) is 7.33. The van der Waals surface area contributed by atoms with Crippen molar-refractivity contribution < 1.29 is 14.4 Å². The van der Waals surface area contributed by atoms with Crippen LogP contribution >= 0.6 is 0 Å². The second kappa shape index (κ2) is 10.0. The Balaban J connectivity index is 2.35. The number of hydrogen-bond acceptors (Lipinski definition) is 4. The van der Waals surface area contributed by atoms with Crippen LogP contribution in [0.1, 0.15) is 91.0 Å². The summed E-state index contributed by atoms with van der Waals surface area (Å²) >= 11 is 0. The lowest BCUT2D eigenvalue weighted by Gasteiger charge is -2.23. The summed E-state index contributed by atoms with van der Waals surface area (Å²) in [5, 5.41) is 6.11. The molecule has 4 aromatic rings. The van der Waals surface area contributed by atoms with Crippen LogP contribution in [-0.4, -0.2) is 22.0 Å². The van der Waals surface area contributed by atoms with Gasteiger partial charge in [0.15, 0.2) is 0 Å². The van der Waals surface area contributed by atoms with Gasteiger partial charge in [-0.3, -0.25) is 4.79 Å². The van der Waals surface area contributed by atoms with E-state index < -0.39 is 5.97 Å². The third-order valence-electron chi connectivity index (χ3n) is 9.68. The van der Waals surface area contributed by atoms with E-state index in [1.807, 2.05) is 13.8 Å². The van der Waals surface area contributed by atoms with Crippen molar-refractivity contribution >= 4 is 39.3 Å². The molecule has 0 radical (unpaired) electrons. The highest BCUT2D eigenvalue weighted by Crippen LogP contribution is 2.45. The summed E-state index contributed by atoms with van der Waals surface area (Å²) in [6.07, 6.45) is 0. The van der Waals surface area contributed by atoms with Gasteiger partial charge in [0.25, 0.3) is 0 Å². The van der Waals surface area contributed by atoms with E-state index in [0.717, 1.165) is 27.6 Å². The number of rotatable bonds is 4. The van der Waals surface area contributed by atoms with Gasteiger partial charge in [0.05, 0.1) is 16.7 Å². The van der Waals surface area contributed by atoms with Crippen LogP contribution in [0.15, 0.2) is 5.16 Å². The molecule has 40 heavy (non-hydrogen) atoms. The minimum absolute atomic E-state index is 0.153. The standard InChI is InChI=1S/C35H42N2O3/c1-15-17(3)22(8)32(23(9)18(15)4)37-33-24(10)19(5)16(2)20(6)30(33)31-26(12)29(21(7)25(11)34(31)37)35(39)27(13)36-40-28(14)38/h1-14H3/b36-27+. The van der Waals surface area contributed by atoms with Crippen LogP contribution < -0.4 is 0 Å². The van der Waals surface area contributed by atoms with Crippen molar-refractivity contribution in [1.82, 2.24) is 4.57 Å². The molecule has 1 heterocycles. The fourth-order valence-electron chi connectivity index (χ4n) is 6.45. The molecule has 0 fully saturated rings. The third kappa shape index (κ3) is 4.01. The quantitative estimate of drug-likeness (QED) is 0.113. The molecule has 0 spiro atoms. The normalized spacial score (nSPS) is 12.1. The number of aryl methyl sites for hydroxylation is 4. The smallest absolute Gasteiger partial charge is 0.318 e. The van der Waals surface area contributed by atoms with E-state index in [-0.39, 0.29) is 11.5 Å². The molecule has 5 heteroatoms. The van der Waals surface area contributed by atoms with Crippen molar-refractivity contribution in [3.63, 3.8) is 0 Å². The summed E-state index contributed by atoms with van der Waals surface area (Å²) in [6, 6.07) is 0. The van der Waals surface area contributed by atoms with E-state index in [1.54, 1.807) is 6.92 Å². The Bertz CT molecular complexity index is 1800. The first kappa shape index (κ1) is 29.3. The van der Waals surface area contributed by atoms with E-state index in [1.165, 1.54) is 73.6 Å². The fourth-order valence-corrected chi connectivity index (χ4v) is 6.45. The van der Waals surface area contributed by atoms with E-state index in [9.17, 15) is 9.59 Å². The van der Waals surface area contributed by atoms with E-state index in [4.69, 9.17) is 4.84 Å². The van der Waals surface area contributed by atoms with E-state index >= 15 is 0 Å².